The second-order valence-electron chi connectivity index (χ2n) is 4.88. The summed E-state index contributed by atoms with van der Waals surface area (Å²) in [6.07, 6.45) is 0.224. The third-order valence-corrected chi connectivity index (χ3v) is 3.58. The van der Waals surface area contributed by atoms with Crippen molar-refractivity contribution in [2.75, 3.05) is 13.7 Å². The van der Waals surface area contributed by atoms with Gasteiger partial charge in [-0.05, 0) is 19.8 Å². The molecule has 5 heteroatoms. The molecule has 0 aliphatic carbocycles. The third kappa shape index (κ3) is 2.97. The standard InChI is InChI=1S/C12H21NO4/c1-7-5-10(14)13(6-8(2)17-4)9(3)11(7)12(15)16/h7-9,11H,5-6H2,1-4H3,(H,15,16). The van der Waals surface area contributed by atoms with Crippen molar-refractivity contribution in [2.24, 2.45) is 11.8 Å². The van der Waals surface area contributed by atoms with E-state index in [9.17, 15) is 14.7 Å². The normalized spacial score (nSPS) is 31.4. The van der Waals surface area contributed by atoms with Crippen LogP contribution in [-0.2, 0) is 14.3 Å². The van der Waals surface area contributed by atoms with Gasteiger partial charge >= 0.3 is 5.97 Å². The maximum absolute atomic E-state index is 11.9. The quantitative estimate of drug-likeness (QED) is 0.799. The van der Waals surface area contributed by atoms with Crippen LogP contribution in [0.5, 0.6) is 0 Å². The van der Waals surface area contributed by atoms with Gasteiger partial charge in [0.05, 0.1) is 12.0 Å². The van der Waals surface area contributed by atoms with Crippen molar-refractivity contribution in [3.05, 3.63) is 0 Å². The van der Waals surface area contributed by atoms with E-state index in [0.717, 1.165) is 0 Å². The van der Waals surface area contributed by atoms with E-state index in [0.29, 0.717) is 13.0 Å². The van der Waals surface area contributed by atoms with Gasteiger partial charge in [0, 0.05) is 26.1 Å². The van der Waals surface area contributed by atoms with E-state index >= 15 is 0 Å². The Morgan fingerprint density at radius 2 is 2.18 bits per heavy atom. The van der Waals surface area contributed by atoms with Gasteiger partial charge in [0.25, 0.3) is 0 Å². The molecule has 4 atom stereocenters. The van der Waals surface area contributed by atoms with Crippen molar-refractivity contribution in [2.45, 2.75) is 39.3 Å². The molecule has 17 heavy (non-hydrogen) atoms. The Morgan fingerprint density at radius 3 is 2.65 bits per heavy atom. The fraction of sp³-hybridized carbons (Fsp3) is 0.833. The number of methoxy groups -OCH3 is 1. The fourth-order valence-electron chi connectivity index (χ4n) is 2.49. The molecular weight excluding hydrogens is 222 g/mol. The molecule has 0 saturated carbocycles. The van der Waals surface area contributed by atoms with Crippen molar-refractivity contribution in [1.82, 2.24) is 4.90 Å². The molecule has 1 heterocycles. The molecule has 4 unspecified atom stereocenters. The number of hydrogen-bond acceptors (Lipinski definition) is 3. The van der Waals surface area contributed by atoms with Crippen LogP contribution in [0.3, 0.4) is 0 Å². The van der Waals surface area contributed by atoms with Crippen LogP contribution >= 0.6 is 0 Å². The molecule has 0 spiro atoms. The first kappa shape index (κ1) is 14.0. The molecule has 1 aliphatic rings. The zero-order valence-corrected chi connectivity index (χ0v) is 10.8. The Bertz CT molecular complexity index is 305. The first-order chi connectivity index (χ1) is 7.88. The summed E-state index contributed by atoms with van der Waals surface area (Å²) in [5, 5.41) is 9.21. The third-order valence-electron chi connectivity index (χ3n) is 3.58. The molecule has 0 radical (unpaired) electrons. The number of carboxylic acid groups (broad SMARTS) is 1. The summed E-state index contributed by atoms with van der Waals surface area (Å²) in [6, 6.07) is -0.277. The Balaban J connectivity index is 2.82. The van der Waals surface area contributed by atoms with Crippen molar-refractivity contribution in [3.8, 4) is 0 Å². The lowest BCUT2D eigenvalue weighted by Gasteiger charge is -2.41. The molecule has 0 aromatic carbocycles. The zero-order valence-electron chi connectivity index (χ0n) is 10.8. The van der Waals surface area contributed by atoms with Gasteiger partial charge in [-0.2, -0.15) is 0 Å². The van der Waals surface area contributed by atoms with E-state index < -0.39 is 11.9 Å². The summed E-state index contributed by atoms with van der Waals surface area (Å²) in [7, 11) is 1.58. The predicted octanol–water partition coefficient (Wildman–Crippen LogP) is 0.979. The van der Waals surface area contributed by atoms with Crippen LogP contribution in [0, 0.1) is 11.8 Å². The first-order valence-corrected chi connectivity index (χ1v) is 5.93. The van der Waals surface area contributed by atoms with Crippen molar-refractivity contribution >= 4 is 11.9 Å². The number of carbonyl (C=O) groups excluding carboxylic acids is 1. The molecule has 0 aromatic heterocycles. The molecule has 98 valence electrons. The number of rotatable bonds is 4. The lowest BCUT2D eigenvalue weighted by Crippen LogP contribution is -2.54. The monoisotopic (exact) mass is 243 g/mol. The second-order valence-corrected chi connectivity index (χ2v) is 4.88. The maximum atomic E-state index is 11.9. The first-order valence-electron chi connectivity index (χ1n) is 5.93. The molecule has 5 nitrogen and oxygen atoms in total. The lowest BCUT2D eigenvalue weighted by atomic mass is 9.81. The Morgan fingerprint density at radius 1 is 1.59 bits per heavy atom. The molecule has 0 aromatic rings. The van der Waals surface area contributed by atoms with E-state index in [2.05, 4.69) is 0 Å². The summed E-state index contributed by atoms with van der Waals surface area (Å²) < 4.78 is 5.13. The van der Waals surface area contributed by atoms with Gasteiger partial charge in [-0.25, -0.2) is 0 Å². The molecule has 1 N–H and O–H groups in total. The van der Waals surface area contributed by atoms with Crippen molar-refractivity contribution in [3.63, 3.8) is 0 Å². The van der Waals surface area contributed by atoms with Gasteiger partial charge in [-0.3, -0.25) is 9.59 Å². The summed E-state index contributed by atoms with van der Waals surface area (Å²) in [4.78, 5) is 24.8. The van der Waals surface area contributed by atoms with Crippen LogP contribution in [0.15, 0.2) is 0 Å². The maximum Gasteiger partial charge on any atom is 0.308 e. The minimum atomic E-state index is -0.826. The highest BCUT2D eigenvalue weighted by Gasteiger charge is 2.41. The Kier molecular flexibility index (Phi) is 4.51. The summed E-state index contributed by atoms with van der Waals surface area (Å²) in [6.45, 7) is 5.94. The van der Waals surface area contributed by atoms with Crippen LogP contribution in [0.2, 0.25) is 0 Å². The van der Waals surface area contributed by atoms with Gasteiger partial charge in [-0.1, -0.05) is 6.92 Å². The number of piperidine rings is 1. The smallest absolute Gasteiger partial charge is 0.308 e. The number of carbonyl (C=O) groups is 2. The van der Waals surface area contributed by atoms with Crippen LogP contribution in [-0.4, -0.2) is 47.7 Å². The number of amides is 1. The van der Waals surface area contributed by atoms with E-state index in [4.69, 9.17) is 4.74 Å². The SMILES string of the molecule is COC(C)CN1C(=O)CC(C)C(C(=O)O)C1C. The van der Waals surface area contributed by atoms with E-state index in [1.165, 1.54) is 0 Å². The molecular formula is C12H21NO4. The summed E-state index contributed by atoms with van der Waals surface area (Å²) in [5.41, 5.74) is 0. The second kappa shape index (κ2) is 5.49. The molecule has 0 bridgehead atoms. The Hall–Kier alpha value is -1.10. The van der Waals surface area contributed by atoms with Gasteiger partial charge in [0.2, 0.25) is 5.91 Å². The largest absolute Gasteiger partial charge is 0.481 e. The lowest BCUT2D eigenvalue weighted by molar-refractivity contribution is -0.156. The minimum absolute atomic E-state index is 0.0198. The summed E-state index contributed by atoms with van der Waals surface area (Å²) in [5.74, 6) is -1.40. The highest BCUT2D eigenvalue weighted by molar-refractivity contribution is 5.81. The highest BCUT2D eigenvalue weighted by Crippen LogP contribution is 2.30. The molecule has 1 rings (SSSR count). The van der Waals surface area contributed by atoms with Gasteiger partial charge in [0.15, 0.2) is 0 Å². The minimum Gasteiger partial charge on any atom is -0.481 e. The average molecular weight is 243 g/mol. The van der Waals surface area contributed by atoms with E-state index in [-0.39, 0.29) is 24.0 Å². The molecule has 1 saturated heterocycles. The van der Waals surface area contributed by atoms with Gasteiger partial charge in [-0.15, -0.1) is 0 Å². The Labute approximate surface area is 102 Å². The predicted molar refractivity (Wildman–Crippen MR) is 62.6 cm³/mol. The van der Waals surface area contributed by atoms with Crippen LogP contribution < -0.4 is 0 Å². The highest BCUT2D eigenvalue weighted by atomic mass is 16.5. The summed E-state index contributed by atoms with van der Waals surface area (Å²) >= 11 is 0. The zero-order chi connectivity index (χ0) is 13.2. The van der Waals surface area contributed by atoms with Crippen molar-refractivity contribution in [1.29, 1.82) is 0 Å². The molecule has 1 fully saturated rings. The fourth-order valence-corrected chi connectivity index (χ4v) is 2.49. The van der Waals surface area contributed by atoms with Crippen LogP contribution in [0.1, 0.15) is 27.2 Å². The molecule has 1 amide bonds. The number of carboxylic acids is 1. The van der Waals surface area contributed by atoms with Gasteiger partial charge < -0.3 is 14.7 Å². The number of likely N-dealkylation sites (tertiary alicyclic amines) is 1. The average Bonchev–Trinajstić information content (AvgIpc) is 2.22. The van der Waals surface area contributed by atoms with Gasteiger partial charge in [0.1, 0.15) is 0 Å². The topological polar surface area (TPSA) is 66.8 Å². The van der Waals surface area contributed by atoms with Crippen molar-refractivity contribution < 1.29 is 19.4 Å². The number of nitrogens with zero attached hydrogens (tertiary/aromatic N) is 1. The van der Waals surface area contributed by atoms with E-state index in [1.54, 1.807) is 18.9 Å². The number of hydrogen-bond donors (Lipinski definition) is 1. The van der Waals surface area contributed by atoms with Crippen LogP contribution in [0.4, 0.5) is 0 Å². The van der Waals surface area contributed by atoms with E-state index in [1.807, 2.05) is 13.8 Å². The number of ether oxygens (including phenoxy) is 1. The van der Waals surface area contributed by atoms with Crippen LogP contribution in [0.25, 0.3) is 0 Å². The molecule has 1 aliphatic heterocycles. The number of aliphatic carboxylic acids is 1.